The Bertz CT molecular complexity index is 487. The van der Waals surface area contributed by atoms with Crippen molar-refractivity contribution in [2.24, 2.45) is 18.7 Å². The number of likely N-dealkylation sites (N-methyl/N-ethyl adjacent to an activating group) is 1. The maximum Gasteiger partial charge on any atom is 0.0738 e. The molecule has 1 heterocycles. The zero-order valence-corrected chi connectivity index (χ0v) is 15.6. The maximum atomic E-state index is 6.71. The standard InChI is InChI=1S/C16H29BrN4/c1-11-6-8-16(9-7-11,20(3)4)14(18)10-13-15(17)12(2)19-21(13)5/h11,14H,6-10,18H2,1-5H3. The van der Waals surface area contributed by atoms with Crippen molar-refractivity contribution in [3.8, 4) is 0 Å². The number of aryl methyl sites for hydroxylation is 2. The predicted molar refractivity (Wildman–Crippen MR) is 91.4 cm³/mol. The largest absolute Gasteiger partial charge is 0.326 e. The van der Waals surface area contributed by atoms with Crippen LogP contribution in [0.2, 0.25) is 0 Å². The first-order chi connectivity index (χ1) is 9.78. The van der Waals surface area contributed by atoms with E-state index in [2.05, 4.69) is 46.9 Å². The second-order valence-electron chi connectivity index (χ2n) is 6.96. The Kier molecular flexibility index (Phi) is 5.16. The molecule has 2 rings (SSSR count). The lowest BCUT2D eigenvalue weighted by Gasteiger charge is -2.48. The molecule has 4 nitrogen and oxygen atoms in total. The number of hydrogen-bond donors (Lipinski definition) is 1. The third-order valence-electron chi connectivity index (χ3n) is 5.40. The Morgan fingerprint density at radius 2 is 2.00 bits per heavy atom. The quantitative estimate of drug-likeness (QED) is 0.901. The first-order valence-electron chi connectivity index (χ1n) is 7.89. The van der Waals surface area contributed by atoms with Crippen molar-refractivity contribution >= 4 is 15.9 Å². The molecule has 0 aromatic carbocycles. The number of nitrogens with two attached hydrogens (primary N) is 1. The van der Waals surface area contributed by atoms with Gasteiger partial charge < -0.3 is 10.6 Å². The summed E-state index contributed by atoms with van der Waals surface area (Å²) in [5, 5.41) is 4.49. The molecule has 1 unspecified atom stereocenters. The molecule has 120 valence electrons. The first kappa shape index (κ1) is 17.0. The van der Waals surface area contributed by atoms with Crippen LogP contribution in [0.5, 0.6) is 0 Å². The molecule has 1 aromatic heterocycles. The molecule has 0 spiro atoms. The van der Waals surface area contributed by atoms with Gasteiger partial charge in [-0.15, -0.1) is 0 Å². The third-order valence-corrected chi connectivity index (χ3v) is 6.43. The fourth-order valence-electron chi connectivity index (χ4n) is 3.71. The second kappa shape index (κ2) is 6.39. The average Bonchev–Trinajstić information content (AvgIpc) is 2.66. The normalized spacial score (nSPS) is 28.1. The Labute approximate surface area is 137 Å². The van der Waals surface area contributed by atoms with Gasteiger partial charge in [-0.3, -0.25) is 4.68 Å². The van der Waals surface area contributed by atoms with Gasteiger partial charge in [0.1, 0.15) is 0 Å². The van der Waals surface area contributed by atoms with Gasteiger partial charge in [-0.1, -0.05) is 6.92 Å². The van der Waals surface area contributed by atoms with Crippen molar-refractivity contribution in [3.05, 3.63) is 15.9 Å². The number of nitrogens with zero attached hydrogens (tertiary/aromatic N) is 3. The SMILES string of the molecule is Cc1nn(C)c(CC(N)C2(N(C)C)CCC(C)CC2)c1Br. The smallest absolute Gasteiger partial charge is 0.0738 e. The average molecular weight is 357 g/mol. The van der Waals surface area contributed by atoms with Gasteiger partial charge in [0.25, 0.3) is 0 Å². The van der Waals surface area contributed by atoms with E-state index in [9.17, 15) is 0 Å². The topological polar surface area (TPSA) is 47.1 Å². The summed E-state index contributed by atoms with van der Waals surface area (Å²) in [6.07, 6.45) is 5.80. The number of hydrogen-bond acceptors (Lipinski definition) is 3. The Balaban J connectivity index is 2.21. The molecule has 2 N–H and O–H groups in total. The van der Waals surface area contributed by atoms with E-state index in [1.807, 2.05) is 18.7 Å². The number of rotatable bonds is 4. The zero-order valence-electron chi connectivity index (χ0n) is 14.0. The maximum absolute atomic E-state index is 6.71. The van der Waals surface area contributed by atoms with Gasteiger partial charge in [-0.05, 0) is 68.6 Å². The first-order valence-corrected chi connectivity index (χ1v) is 8.68. The Morgan fingerprint density at radius 3 is 2.43 bits per heavy atom. The lowest BCUT2D eigenvalue weighted by molar-refractivity contribution is 0.0562. The Morgan fingerprint density at radius 1 is 1.43 bits per heavy atom. The van der Waals surface area contributed by atoms with E-state index in [0.717, 1.165) is 22.5 Å². The van der Waals surface area contributed by atoms with E-state index in [1.165, 1.54) is 31.4 Å². The molecule has 21 heavy (non-hydrogen) atoms. The van der Waals surface area contributed by atoms with Crippen LogP contribution in [0, 0.1) is 12.8 Å². The van der Waals surface area contributed by atoms with Crippen LogP contribution in [0.1, 0.15) is 44.0 Å². The van der Waals surface area contributed by atoms with Crippen molar-refractivity contribution in [2.75, 3.05) is 14.1 Å². The highest BCUT2D eigenvalue weighted by Crippen LogP contribution is 2.38. The van der Waals surface area contributed by atoms with Crippen LogP contribution in [0.15, 0.2) is 4.47 Å². The minimum Gasteiger partial charge on any atom is -0.326 e. The van der Waals surface area contributed by atoms with E-state index in [1.54, 1.807) is 0 Å². The number of aromatic nitrogens is 2. The summed E-state index contributed by atoms with van der Waals surface area (Å²) in [6, 6.07) is 0.131. The molecule has 1 fully saturated rings. The molecular formula is C16H29BrN4. The summed E-state index contributed by atoms with van der Waals surface area (Å²) < 4.78 is 3.08. The van der Waals surface area contributed by atoms with E-state index in [0.29, 0.717) is 0 Å². The van der Waals surface area contributed by atoms with Crippen LogP contribution in [0.4, 0.5) is 0 Å². The van der Waals surface area contributed by atoms with E-state index >= 15 is 0 Å². The van der Waals surface area contributed by atoms with Crippen LogP contribution in [-0.4, -0.2) is 40.4 Å². The second-order valence-corrected chi connectivity index (χ2v) is 7.75. The van der Waals surface area contributed by atoms with Gasteiger partial charge in [0.15, 0.2) is 0 Å². The predicted octanol–water partition coefficient (Wildman–Crippen LogP) is 2.87. The van der Waals surface area contributed by atoms with Crippen molar-refractivity contribution < 1.29 is 0 Å². The summed E-state index contributed by atoms with van der Waals surface area (Å²) >= 11 is 3.67. The van der Waals surface area contributed by atoms with Gasteiger partial charge in [-0.2, -0.15) is 5.10 Å². The molecule has 1 aromatic rings. The fraction of sp³-hybridized carbons (Fsp3) is 0.812. The van der Waals surface area contributed by atoms with Gasteiger partial charge in [0.2, 0.25) is 0 Å². The third kappa shape index (κ3) is 3.20. The molecule has 0 amide bonds. The van der Waals surface area contributed by atoms with Crippen LogP contribution < -0.4 is 5.73 Å². The molecule has 1 aliphatic rings. The van der Waals surface area contributed by atoms with Crippen molar-refractivity contribution in [1.82, 2.24) is 14.7 Å². The minimum atomic E-state index is 0.115. The lowest BCUT2D eigenvalue weighted by Crippen LogP contribution is -2.59. The summed E-state index contributed by atoms with van der Waals surface area (Å²) in [7, 11) is 6.36. The van der Waals surface area contributed by atoms with Gasteiger partial charge >= 0.3 is 0 Å². The molecule has 1 saturated carbocycles. The highest BCUT2D eigenvalue weighted by Gasteiger charge is 2.41. The van der Waals surface area contributed by atoms with Crippen LogP contribution in [-0.2, 0) is 13.5 Å². The molecule has 0 aliphatic heterocycles. The molecule has 5 heteroatoms. The molecule has 1 atom stereocenters. The van der Waals surface area contributed by atoms with Crippen LogP contribution in [0.25, 0.3) is 0 Å². The van der Waals surface area contributed by atoms with E-state index < -0.39 is 0 Å². The van der Waals surface area contributed by atoms with Crippen molar-refractivity contribution in [1.29, 1.82) is 0 Å². The number of halogens is 1. The monoisotopic (exact) mass is 356 g/mol. The summed E-state index contributed by atoms with van der Waals surface area (Å²) in [6.45, 7) is 4.38. The fourth-order valence-corrected chi connectivity index (χ4v) is 4.21. The summed E-state index contributed by atoms with van der Waals surface area (Å²) in [5.74, 6) is 0.830. The zero-order chi connectivity index (χ0) is 15.8. The summed E-state index contributed by atoms with van der Waals surface area (Å²) in [5.41, 5.74) is 9.07. The Hall–Kier alpha value is -0.390. The highest BCUT2D eigenvalue weighted by molar-refractivity contribution is 9.10. The summed E-state index contributed by atoms with van der Waals surface area (Å²) in [4.78, 5) is 2.36. The van der Waals surface area contributed by atoms with Crippen LogP contribution in [0.3, 0.4) is 0 Å². The van der Waals surface area contributed by atoms with Crippen molar-refractivity contribution in [2.45, 2.75) is 57.5 Å². The minimum absolute atomic E-state index is 0.115. The van der Waals surface area contributed by atoms with Gasteiger partial charge in [0, 0.05) is 25.0 Å². The van der Waals surface area contributed by atoms with E-state index in [-0.39, 0.29) is 11.6 Å². The molecular weight excluding hydrogens is 328 g/mol. The van der Waals surface area contributed by atoms with Gasteiger partial charge in [0.05, 0.1) is 15.9 Å². The molecule has 0 saturated heterocycles. The van der Waals surface area contributed by atoms with Gasteiger partial charge in [-0.25, -0.2) is 0 Å². The molecule has 0 radical (unpaired) electrons. The highest BCUT2D eigenvalue weighted by atomic mass is 79.9. The molecule has 1 aliphatic carbocycles. The van der Waals surface area contributed by atoms with E-state index in [4.69, 9.17) is 5.73 Å². The molecule has 0 bridgehead atoms. The van der Waals surface area contributed by atoms with Crippen molar-refractivity contribution in [3.63, 3.8) is 0 Å². The van der Waals surface area contributed by atoms with Crippen LogP contribution >= 0.6 is 15.9 Å². The lowest BCUT2D eigenvalue weighted by atomic mass is 9.71.